The topological polar surface area (TPSA) is 53.1 Å². The van der Waals surface area contributed by atoms with Gasteiger partial charge in [0, 0.05) is 25.7 Å². The fourth-order valence-electron chi connectivity index (χ4n) is 2.55. The van der Waals surface area contributed by atoms with Gasteiger partial charge in [0.1, 0.15) is 17.5 Å². The van der Waals surface area contributed by atoms with Gasteiger partial charge in [0.2, 0.25) is 0 Å². The fraction of sp³-hybridized carbons (Fsp3) is 0.714. The molecule has 0 spiro atoms. The predicted molar refractivity (Wildman–Crippen MR) is 79.8 cm³/mol. The van der Waals surface area contributed by atoms with E-state index in [1.165, 1.54) is 6.42 Å². The molecule has 0 bridgehead atoms. The molecule has 1 aromatic rings. The average Bonchev–Trinajstić information content (AvgIpc) is 2.85. The first kappa shape index (κ1) is 14.1. The van der Waals surface area contributed by atoms with Gasteiger partial charge in [-0.2, -0.15) is 0 Å². The zero-order chi connectivity index (χ0) is 13.7. The molecular formula is C14H25N5. The van der Waals surface area contributed by atoms with Crippen LogP contribution in [-0.2, 0) is 0 Å². The monoisotopic (exact) mass is 263 g/mol. The summed E-state index contributed by atoms with van der Waals surface area (Å²) < 4.78 is 0. The first-order valence-electron chi connectivity index (χ1n) is 7.22. The number of hydrogen-bond acceptors (Lipinski definition) is 5. The molecule has 1 atom stereocenters. The van der Waals surface area contributed by atoms with Crippen molar-refractivity contribution in [2.75, 3.05) is 43.4 Å². The molecule has 2 rings (SSSR count). The molecule has 1 aliphatic rings. The Kier molecular flexibility index (Phi) is 4.96. The van der Waals surface area contributed by atoms with E-state index in [0.717, 1.165) is 56.0 Å². The minimum Gasteiger partial charge on any atom is -0.370 e. The van der Waals surface area contributed by atoms with Crippen molar-refractivity contribution in [2.45, 2.75) is 26.7 Å². The van der Waals surface area contributed by atoms with E-state index < -0.39 is 0 Å². The Morgan fingerprint density at radius 3 is 3.00 bits per heavy atom. The quantitative estimate of drug-likeness (QED) is 0.817. The second kappa shape index (κ2) is 6.70. The first-order chi connectivity index (χ1) is 9.22. The summed E-state index contributed by atoms with van der Waals surface area (Å²) in [6.07, 6.45) is 2.34. The van der Waals surface area contributed by atoms with Crippen molar-refractivity contribution in [1.82, 2.24) is 15.3 Å². The molecule has 1 fully saturated rings. The highest BCUT2D eigenvalue weighted by molar-refractivity contribution is 5.50. The number of anilines is 2. The molecular weight excluding hydrogens is 238 g/mol. The highest BCUT2D eigenvalue weighted by Gasteiger charge is 2.23. The summed E-state index contributed by atoms with van der Waals surface area (Å²) in [5, 5.41) is 6.61. The summed E-state index contributed by atoms with van der Waals surface area (Å²) in [4.78, 5) is 11.4. The van der Waals surface area contributed by atoms with Crippen molar-refractivity contribution in [3.63, 3.8) is 0 Å². The maximum Gasteiger partial charge on any atom is 0.134 e. The van der Waals surface area contributed by atoms with Gasteiger partial charge in [-0.25, -0.2) is 9.97 Å². The Bertz CT molecular complexity index is 407. The summed E-state index contributed by atoms with van der Waals surface area (Å²) in [7, 11) is 2.02. The van der Waals surface area contributed by atoms with E-state index in [4.69, 9.17) is 0 Å². The summed E-state index contributed by atoms with van der Waals surface area (Å²) in [5.74, 6) is 3.58. The second-order valence-electron chi connectivity index (χ2n) is 5.24. The van der Waals surface area contributed by atoms with Crippen LogP contribution in [0.1, 0.15) is 25.6 Å². The maximum absolute atomic E-state index is 4.57. The number of nitrogens with zero attached hydrogens (tertiary/aromatic N) is 3. The minimum atomic E-state index is 0.729. The molecule has 2 heterocycles. The third-order valence-corrected chi connectivity index (χ3v) is 3.48. The number of aromatic nitrogens is 2. The van der Waals surface area contributed by atoms with Crippen LogP contribution >= 0.6 is 0 Å². The highest BCUT2D eigenvalue weighted by atomic mass is 15.2. The van der Waals surface area contributed by atoms with Crippen molar-refractivity contribution in [2.24, 2.45) is 5.92 Å². The Hall–Kier alpha value is -1.36. The molecule has 2 N–H and O–H groups in total. The first-order valence-corrected chi connectivity index (χ1v) is 7.22. The highest BCUT2D eigenvalue weighted by Crippen LogP contribution is 2.23. The maximum atomic E-state index is 4.57. The zero-order valence-corrected chi connectivity index (χ0v) is 12.2. The minimum absolute atomic E-state index is 0.729. The Labute approximate surface area is 115 Å². The van der Waals surface area contributed by atoms with Gasteiger partial charge in [0.25, 0.3) is 0 Å². The summed E-state index contributed by atoms with van der Waals surface area (Å²) >= 11 is 0. The molecule has 1 saturated heterocycles. The van der Waals surface area contributed by atoms with Crippen molar-refractivity contribution in [1.29, 1.82) is 0 Å². The van der Waals surface area contributed by atoms with Gasteiger partial charge >= 0.3 is 0 Å². The fourth-order valence-corrected chi connectivity index (χ4v) is 2.55. The van der Waals surface area contributed by atoms with E-state index >= 15 is 0 Å². The molecule has 0 amide bonds. The smallest absolute Gasteiger partial charge is 0.134 e. The molecule has 1 aromatic heterocycles. The molecule has 19 heavy (non-hydrogen) atoms. The standard InChI is InChI=1S/C14H25N5/c1-4-6-16-13-8-14(18-11(2)17-13)19-7-5-12(10-19)9-15-3/h8,12,15H,4-7,9-10H2,1-3H3,(H,16,17,18). The number of hydrogen-bond donors (Lipinski definition) is 2. The van der Waals surface area contributed by atoms with Gasteiger partial charge in [-0.05, 0) is 39.3 Å². The third kappa shape index (κ3) is 3.80. The van der Waals surface area contributed by atoms with Crippen LogP contribution < -0.4 is 15.5 Å². The Morgan fingerprint density at radius 1 is 1.42 bits per heavy atom. The van der Waals surface area contributed by atoms with Crippen molar-refractivity contribution in [3.8, 4) is 0 Å². The summed E-state index contributed by atoms with van der Waals surface area (Å²) in [6, 6.07) is 2.07. The number of rotatable bonds is 6. The van der Waals surface area contributed by atoms with Crippen molar-refractivity contribution in [3.05, 3.63) is 11.9 Å². The van der Waals surface area contributed by atoms with Crippen molar-refractivity contribution >= 4 is 11.6 Å². The third-order valence-electron chi connectivity index (χ3n) is 3.48. The molecule has 1 unspecified atom stereocenters. The van der Waals surface area contributed by atoms with E-state index in [1.807, 2.05) is 14.0 Å². The van der Waals surface area contributed by atoms with Crippen LogP contribution in [0.4, 0.5) is 11.6 Å². The van der Waals surface area contributed by atoms with Crippen molar-refractivity contribution < 1.29 is 0 Å². The van der Waals surface area contributed by atoms with Crippen LogP contribution in [0.2, 0.25) is 0 Å². The van der Waals surface area contributed by atoms with E-state index in [1.54, 1.807) is 0 Å². The SMILES string of the molecule is CCCNc1cc(N2CCC(CNC)C2)nc(C)n1. The lowest BCUT2D eigenvalue weighted by Crippen LogP contribution is -2.25. The molecule has 1 aliphatic heterocycles. The van der Waals surface area contributed by atoms with Gasteiger partial charge in [-0.3, -0.25) is 0 Å². The largest absolute Gasteiger partial charge is 0.370 e. The van der Waals surface area contributed by atoms with Gasteiger partial charge in [0.05, 0.1) is 0 Å². The van der Waals surface area contributed by atoms with Gasteiger partial charge in [-0.1, -0.05) is 6.92 Å². The van der Waals surface area contributed by atoms with Crippen LogP contribution in [-0.4, -0.2) is 43.2 Å². The lowest BCUT2D eigenvalue weighted by atomic mass is 10.1. The van der Waals surface area contributed by atoms with E-state index in [0.29, 0.717) is 0 Å². The van der Waals surface area contributed by atoms with Gasteiger partial charge < -0.3 is 15.5 Å². The van der Waals surface area contributed by atoms with Gasteiger partial charge in [-0.15, -0.1) is 0 Å². The molecule has 106 valence electrons. The molecule has 5 nitrogen and oxygen atoms in total. The summed E-state index contributed by atoms with van der Waals surface area (Å²) in [5.41, 5.74) is 0. The lowest BCUT2D eigenvalue weighted by molar-refractivity contribution is 0.549. The summed E-state index contributed by atoms with van der Waals surface area (Å²) in [6.45, 7) is 8.34. The predicted octanol–water partition coefficient (Wildman–Crippen LogP) is 1.65. The lowest BCUT2D eigenvalue weighted by Gasteiger charge is -2.19. The molecule has 0 radical (unpaired) electrons. The molecule has 0 aromatic carbocycles. The van der Waals surface area contributed by atoms with E-state index in [-0.39, 0.29) is 0 Å². The van der Waals surface area contributed by atoms with Crippen LogP contribution in [0.5, 0.6) is 0 Å². The number of nitrogens with one attached hydrogen (secondary N) is 2. The van der Waals surface area contributed by atoms with Gasteiger partial charge in [0.15, 0.2) is 0 Å². The normalized spacial score (nSPS) is 18.9. The second-order valence-corrected chi connectivity index (χ2v) is 5.24. The van der Waals surface area contributed by atoms with E-state index in [2.05, 4.69) is 38.5 Å². The van der Waals surface area contributed by atoms with Crippen LogP contribution in [0.15, 0.2) is 6.07 Å². The molecule has 5 heteroatoms. The Morgan fingerprint density at radius 2 is 2.26 bits per heavy atom. The van der Waals surface area contributed by atoms with Crippen LogP contribution in [0.25, 0.3) is 0 Å². The van der Waals surface area contributed by atoms with E-state index in [9.17, 15) is 0 Å². The average molecular weight is 263 g/mol. The number of aryl methyl sites for hydroxylation is 1. The Balaban J connectivity index is 2.05. The molecule has 0 aliphatic carbocycles. The zero-order valence-electron chi connectivity index (χ0n) is 12.2. The van der Waals surface area contributed by atoms with Crippen LogP contribution in [0, 0.1) is 12.8 Å². The van der Waals surface area contributed by atoms with Crippen LogP contribution in [0.3, 0.4) is 0 Å². The molecule has 0 saturated carbocycles.